The van der Waals surface area contributed by atoms with E-state index in [9.17, 15) is 0 Å². The first kappa shape index (κ1) is 11.7. The molecule has 0 amide bonds. The highest BCUT2D eigenvalue weighted by molar-refractivity contribution is 6.09. The lowest BCUT2D eigenvalue weighted by atomic mass is 10.1. The Bertz CT molecular complexity index is 912. The van der Waals surface area contributed by atoms with Gasteiger partial charge in [0, 0.05) is 29.2 Å². The number of hydrogen-bond donors (Lipinski definition) is 3. The fraction of sp³-hybridized carbons (Fsp3) is 0.0714. The molecule has 4 aromatic rings. The van der Waals surface area contributed by atoms with Crippen LogP contribution in [0.3, 0.4) is 0 Å². The summed E-state index contributed by atoms with van der Waals surface area (Å²) < 4.78 is 5.28. The Hall–Kier alpha value is -3.09. The summed E-state index contributed by atoms with van der Waals surface area (Å²) in [5.41, 5.74) is 1.63. The first-order valence-electron chi connectivity index (χ1n) is 6.43. The Morgan fingerprint density at radius 3 is 2.86 bits per heavy atom. The number of anilines is 2. The third kappa shape index (κ3) is 1.86. The number of nitrogens with zero attached hydrogens (tertiary/aromatic N) is 3. The number of ether oxygens (including phenoxy) is 1. The molecule has 0 spiro atoms. The van der Waals surface area contributed by atoms with Gasteiger partial charge in [-0.3, -0.25) is 10.2 Å². The van der Waals surface area contributed by atoms with Gasteiger partial charge in [0.05, 0.1) is 12.6 Å². The van der Waals surface area contributed by atoms with Crippen molar-refractivity contribution in [1.82, 2.24) is 25.4 Å². The van der Waals surface area contributed by atoms with Crippen molar-refractivity contribution in [1.29, 1.82) is 0 Å². The number of aromatic amines is 2. The number of benzene rings is 1. The van der Waals surface area contributed by atoms with Crippen LogP contribution in [0.5, 0.6) is 5.75 Å². The number of rotatable bonds is 3. The normalized spacial score (nSPS) is 11.1. The summed E-state index contributed by atoms with van der Waals surface area (Å²) in [5, 5.41) is 19.1. The molecule has 4 rings (SSSR count). The Kier molecular flexibility index (Phi) is 2.50. The van der Waals surface area contributed by atoms with Crippen molar-refractivity contribution >= 4 is 33.4 Å². The molecule has 0 radical (unpaired) electrons. The highest BCUT2D eigenvalue weighted by Crippen LogP contribution is 2.31. The third-order valence-corrected chi connectivity index (χ3v) is 3.34. The predicted octanol–water partition coefficient (Wildman–Crippen LogP) is 2.59. The topological polar surface area (TPSA) is 91.5 Å². The largest absolute Gasteiger partial charge is 0.497 e. The first-order valence-corrected chi connectivity index (χ1v) is 6.43. The number of hydrogen-bond acceptors (Lipinski definition) is 5. The molecule has 0 aliphatic carbocycles. The molecule has 0 atom stereocenters. The van der Waals surface area contributed by atoms with Crippen LogP contribution in [0.15, 0.2) is 36.7 Å². The number of H-pyrrole nitrogens is 2. The molecule has 0 saturated heterocycles. The van der Waals surface area contributed by atoms with Crippen LogP contribution in [0.1, 0.15) is 0 Å². The molecule has 0 aliphatic heterocycles. The average molecular weight is 280 g/mol. The summed E-state index contributed by atoms with van der Waals surface area (Å²) in [6.07, 6.45) is 3.60. The molecule has 3 N–H and O–H groups in total. The van der Waals surface area contributed by atoms with Gasteiger partial charge in [-0.1, -0.05) is 0 Å². The van der Waals surface area contributed by atoms with E-state index in [4.69, 9.17) is 4.74 Å². The third-order valence-electron chi connectivity index (χ3n) is 3.34. The highest BCUT2D eigenvalue weighted by atomic mass is 16.5. The molecule has 104 valence electrons. The summed E-state index contributed by atoms with van der Waals surface area (Å²) in [6.45, 7) is 0. The van der Waals surface area contributed by atoms with Gasteiger partial charge in [-0.2, -0.15) is 10.2 Å². The van der Waals surface area contributed by atoms with Crippen molar-refractivity contribution < 1.29 is 4.74 Å². The van der Waals surface area contributed by atoms with Gasteiger partial charge in [0.25, 0.3) is 0 Å². The molecule has 0 bridgehead atoms. The quantitative estimate of drug-likeness (QED) is 0.536. The van der Waals surface area contributed by atoms with Crippen molar-refractivity contribution in [2.75, 3.05) is 12.4 Å². The zero-order chi connectivity index (χ0) is 14.2. The van der Waals surface area contributed by atoms with Crippen LogP contribution in [-0.4, -0.2) is 32.5 Å². The first-order chi connectivity index (χ1) is 10.3. The van der Waals surface area contributed by atoms with Gasteiger partial charge in [-0.15, -0.1) is 0 Å². The number of aromatic nitrogens is 5. The van der Waals surface area contributed by atoms with Crippen LogP contribution in [0.4, 0.5) is 11.6 Å². The van der Waals surface area contributed by atoms with Gasteiger partial charge < -0.3 is 10.1 Å². The van der Waals surface area contributed by atoms with Gasteiger partial charge >= 0.3 is 0 Å². The molecular formula is C14H12N6O. The maximum Gasteiger partial charge on any atom is 0.160 e. The minimum absolute atomic E-state index is 0.663. The van der Waals surface area contributed by atoms with E-state index in [0.29, 0.717) is 11.6 Å². The zero-order valence-electron chi connectivity index (χ0n) is 11.2. The smallest absolute Gasteiger partial charge is 0.160 e. The number of fused-ring (bicyclic) bond motifs is 3. The minimum atomic E-state index is 0.663. The molecule has 7 heteroatoms. The second kappa shape index (κ2) is 4.48. The summed E-state index contributed by atoms with van der Waals surface area (Å²) >= 11 is 0. The number of methoxy groups -OCH3 is 1. The van der Waals surface area contributed by atoms with Gasteiger partial charge in [0.2, 0.25) is 0 Å². The Morgan fingerprint density at radius 1 is 1.10 bits per heavy atom. The van der Waals surface area contributed by atoms with E-state index in [1.165, 1.54) is 0 Å². The lowest BCUT2D eigenvalue weighted by Gasteiger charge is -2.07. The molecule has 3 aromatic heterocycles. The molecule has 0 aliphatic rings. The molecule has 1 aromatic carbocycles. The van der Waals surface area contributed by atoms with Gasteiger partial charge in [-0.05, 0) is 18.2 Å². The van der Waals surface area contributed by atoms with E-state index in [1.54, 1.807) is 13.3 Å². The summed E-state index contributed by atoms with van der Waals surface area (Å²) in [4.78, 5) is 4.62. The van der Waals surface area contributed by atoms with Gasteiger partial charge in [0.1, 0.15) is 11.3 Å². The number of nitrogens with one attached hydrogen (secondary N) is 3. The predicted molar refractivity (Wildman–Crippen MR) is 79.8 cm³/mol. The van der Waals surface area contributed by atoms with Gasteiger partial charge in [0.15, 0.2) is 11.6 Å². The Morgan fingerprint density at radius 2 is 2.05 bits per heavy atom. The fourth-order valence-electron chi connectivity index (χ4n) is 2.34. The average Bonchev–Trinajstić information content (AvgIpc) is 3.18. The Balaban J connectivity index is 1.96. The molecule has 0 saturated carbocycles. The van der Waals surface area contributed by atoms with E-state index >= 15 is 0 Å². The zero-order valence-corrected chi connectivity index (χ0v) is 11.2. The molecule has 3 heterocycles. The van der Waals surface area contributed by atoms with Crippen LogP contribution in [0.25, 0.3) is 21.8 Å². The maximum atomic E-state index is 5.28. The SMILES string of the molecule is COc1ccc2nc(Nc3cc[nH]n3)c3n[nH]cc3c2c1. The van der Waals surface area contributed by atoms with Crippen molar-refractivity contribution in [2.24, 2.45) is 0 Å². The fourth-order valence-corrected chi connectivity index (χ4v) is 2.34. The summed E-state index contributed by atoms with van der Waals surface area (Å²) in [7, 11) is 1.65. The van der Waals surface area contributed by atoms with Crippen LogP contribution in [-0.2, 0) is 0 Å². The van der Waals surface area contributed by atoms with E-state index in [1.807, 2.05) is 30.5 Å². The van der Waals surface area contributed by atoms with Crippen molar-refractivity contribution in [3.8, 4) is 5.75 Å². The highest BCUT2D eigenvalue weighted by Gasteiger charge is 2.12. The maximum absolute atomic E-state index is 5.28. The Labute approximate surface area is 119 Å². The van der Waals surface area contributed by atoms with Gasteiger partial charge in [-0.25, -0.2) is 4.98 Å². The molecule has 0 unspecified atom stereocenters. The standard InChI is InChI=1S/C14H12N6O/c1-21-8-2-3-11-9(6-8)10-7-16-20-13(10)14(17-11)18-12-4-5-15-19-12/h2-7H,1H3,(H,16,20)(H2,15,17,18,19). The lowest BCUT2D eigenvalue weighted by Crippen LogP contribution is -1.96. The van der Waals surface area contributed by atoms with E-state index < -0.39 is 0 Å². The minimum Gasteiger partial charge on any atom is -0.497 e. The second-order valence-corrected chi connectivity index (χ2v) is 4.58. The van der Waals surface area contributed by atoms with E-state index in [2.05, 4.69) is 30.7 Å². The molecule has 0 fully saturated rings. The summed E-state index contributed by atoms with van der Waals surface area (Å²) in [6, 6.07) is 7.60. The van der Waals surface area contributed by atoms with Crippen molar-refractivity contribution in [2.45, 2.75) is 0 Å². The van der Waals surface area contributed by atoms with Crippen LogP contribution in [0.2, 0.25) is 0 Å². The lowest BCUT2D eigenvalue weighted by molar-refractivity contribution is 0.415. The van der Waals surface area contributed by atoms with E-state index in [-0.39, 0.29) is 0 Å². The summed E-state index contributed by atoms with van der Waals surface area (Å²) in [5.74, 6) is 2.15. The number of pyridine rings is 1. The monoisotopic (exact) mass is 280 g/mol. The second-order valence-electron chi connectivity index (χ2n) is 4.58. The van der Waals surface area contributed by atoms with Crippen molar-refractivity contribution in [3.63, 3.8) is 0 Å². The van der Waals surface area contributed by atoms with Crippen LogP contribution >= 0.6 is 0 Å². The van der Waals surface area contributed by atoms with Crippen molar-refractivity contribution in [3.05, 3.63) is 36.7 Å². The molecule has 21 heavy (non-hydrogen) atoms. The molecular weight excluding hydrogens is 268 g/mol. The van der Waals surface area contributed by atoms with Crippen LogP contribution < -0.4 is 10.1 Å². The van der Waals surface area contributed by atoms with Crippen LogP contribution in [0, 0.1) is 0 Å². The molecule has 7 nitrogen and oxygen atoms in total. The van der Waals surface area contributed by atoms with E-state index in [0.717, 1.165) is 27.6 Å².